The fourth-order valence-corrected chi connectivity index (χ4v) is 1.89. The molecule has 0 atom stereocenters. The summed E-state index contributed by atoms with van der Waals surface area (Å²) in [6.07, 6.45) is 0.662. The van der Waals surface area contributed by atoms with Gasteiger partial charge in [-0.05, 0) is 6.42 Å². The van der Waals surface area contributed by atoms with Crippen LogP contribution in [0.3, 0.4) is 0 Å². The number of hydrogen-bond donors (Lipinski definition) is 0. The van der Waals surface area contributed by atoms with Gasteiger partial charge in [-0.25, -0.2) is 0 Å². The van der Waals surface area contributed by atoms with Crippen LogP contribution in [0.25, 0.3) is 0 Å². The molecule has 0 aliphatic carbocycles. The molecule has 1 saturated heterocycles. The summed E-state index contributed by atoms with van der Waals surface area (Å²) >= 11 is 0. The summed E-state index contributed by atoms with van der Waals surface area (Å²) in [5.41, 5.74) is 0. The van der Waals surface area contributed by atoms with E-state index in [1.807, 2.05) is 0 Å². The van der Waals surface area contributed by atoms with Crippen LogP contribution in [0, 0.1) is 10.1 Å². The molecule has 1 aliphatic heterocycles. The SMILES string of the molecule is O=COCCN1CCN(CCCO[N+](=O)[O-])CC1. The van der Waals surface area contributed by atoms with Gasteiger partial charge in [0.1, 0.15) is 6.61 Å². The summed E-state index contributed by atoms with van der Waals surface area (Å²) < 4.78 is 4.65. The highest BCUT2D eigenvalue weighted by molar-refractivity contribution is 5.36. The monoisotopic (exact) mass is 261 g/mol. The molecule has 1 aliphatic rings. The van der Waals surface area contributed by atoms with Crippen molar-refractivity contribution in [2.24, 2.45) is 0 Å². The summed E-state index contributed by atoms with van der Waals surface area (Å²) in [7, 11) is 0. The molecule has 0 amide bonds. The molecule has 8 nitrogen and oxygen atoms in total. The Labute approximate surface area is 106 Å². The molecular formula is C10H19N3O5. The molecule has 0 saturated carbocycles. The summed E-state index contributed by atoms with van der Waals surface area (Å²) in [5, 5.41) is 9.19. The van der Waals surface area contributed by atoms with Crippen molar-refractivity contribution in [1.29, 1.82) is 0 Å². The molecule has 0 bridgehead atoms. The van der Waals surface area contributed by atoms with E-state index in [-0.39, 0.29) is 6.61 Å². The van der Waals surface area contributed by atoms with Crippen molar-refractivity contribution in [2.75, 3.05) is 52.5 Å². The molecule has 0 aromatic heterocycles. The van der Waals surface area contributed by atoms with Crippen molar-refractivity contribution in [3.05, 3.63) is 10.1 Å². The molecule has 0 N–H and O–H groups in total. The summed E-state index contributed by atoms with van der Waals surface area (Å²) in [5.74, 6) is 0. The van der Waals surface area contributed by atoms with Crippen LogP contribution >= 0.6 is 0 Å². The zero-order valence-corrected chi connectivity index (χ0v) is 10.3. The van der Waals surface area contributed by atoms with Crippen molar-refractivity contribution >= 4 is 6.47 Å². The Bertz CT molecular complexity index is 256. The summed E-state index contributed by atoms with van der Waals surface area (Å²) in [6.45, 7) is 6.34. The lowest BCUT2D eigenvalue weighted by atomic mass is 10.3. The van der Waals surface area contributed by atoms with Gasteiger partial charge in [0.2, 0.25) is 0 Å². The average molecular weight is 261 g/mol. The minimum absolute atomic E-state index is 0.153. The third kappa shape index (κ3) is 6.36. The van der Waals surface area contributed by atoms with Gasteiger partial charge in [0.15, 0.2) is 0 Å². The quantitative estimate of drug-likeness (QED) is 0.236. The molecule has 104 valence electrons. The molecular weight excluding hydrogens is 242 g/mol. The van der Waals surface area contributed by atoms with Gasteiger partial charge in [0, 0.05) is 39.3 Å². The highest BCUT2D eigenvalue weighted by atomic mass is 16.9. The maximum atomic E-state index is 9.98. The number of hydrogen-bond acceptors (Lipinski definition) is 7. The summed E-state index contributed by atoms with van der Waals surface area (Å²) in [6, 6.07) is 0. The van der Waals surface area contributed by atoms with Crippen molar-refractivity contribution < 1.29 is 19.5 Å². The normalized spacial score (nSPS) is 17.3. The highest BCUT2D eigenvalue weighted by Crippen LogP contribution is 2.02. The van der Waals surface area contributed by atoms with Gasteiger partial charge in [-0.2, -0.15) is 0 Å². The Hall–Kier alpha value is -1.41. The second kappa shape index (κ2) is 8.65. The second-order valence-electron chi connectivity index (χ2n) is 4.06. The van der Waals surface area contributed by atoms with E-state index in [2.05, 4.69) is 19.4 Å². The molecule has 0 spiro atoms. The lowest BCUT2D eigenvalue weighted by Crippen LogP contribution is -2.47. The lowest BCUT2D eigenvalue weighted by Gasteiger charge is -2.34. The van der Waals surface area contributed by atoms with Gasteiger partial charge in [0.25, 0.3) is 11.6 Å². The van der Waals surface area contributed by atoms with E-state index < -0.39 is 5.09 Å². The van der Waals surface area contributed by atoms with Gasteiger partial charge >= 0.3 is 0 Å². The van der Waals surface area contributed by atoms with Crippen LogP contribution in [0.5, 0.6) is 0 Å². The minimum Gasteiger partial charge on any atom is -0.467 e. The van der Waals surface area contributed by atoms with Gasteiger partial charge < -0.3 is 14.5 Å². The van der Waals surface area contributed by atoms with Crippen molar-refractivity contribution in [3.63, 3.8) is 0 Å². The second-order valence-corrected chi connectivity index (χ2v) is 4.06. The predicted octanol–water partition coefficient (Wildman–Crippen LogP) is -0.625. The first kappa shape index (κ1) is 14.7. The van der Waals surface area contributed by atoms with Crippen molar-refractivity contribution in [3.8, 4) is 0 Å². The number of ether oxygens (including phenoxy) is 1. The Morgan fingerprint density at radius 3 is 2.28 bits per heavy atom. The van der Waals surface area contributed by atoms with Crippen LogP contribution in [-0.2, 0) is 14.4 Å². The van der Waals surface area contributed by atoms with E-state index in [0.29, 0.717) is 19.5 Å². The number of nitrogens with zero attached hydrogens (tertiary/aromatic N) is 3. The van der Waals surface area contributed by atoms with E-state index in [0.717, 1.165) is 39.3 Å². The van der Waals surface area contributed by atoms with Crippen LogP contribution in [0.15, 0.2) is 0 Å². The molecule has 1 heterocycles. The van der Waals surface area contributed by atoms with E-state index >= 15 is 0 Å². The van der Waals surface area contributed by atoms with E-state index in [4.69, 9.17) is 0 Å². The molecule has 18 heavy (non-hydrogen) atoms. The molecule has 1 fully saturated rings. The molecule has 0 aromatic rings. The molecule has 8 heteroatoms. The molecule has 0 radical (unpaired) electrons. The first-order valence-electron chi connectivity index (χ1n) is 5.99. The van der Waals surface area contributed by atoms with Crippen molar-refractivity contribution in [2.45, 2.75) is 6.42 Å². The first-order valence-corrected chi connectivity index (χ1v) is 5.99. The largest absolute Gasteiger partial charge is 0.467 e. The Balaban J connectivity index is 2.01. The zero-order chi connectivity index (χ0) is 13.2. The Kier molecular flexibility index (Phi) is 7.04. The predicted molar refractivity (Wildman–Crippen MR) is 62.5 cm³/mol. The maximum Gasteiger partial charge on any atom is 0.294 e. The van der Waals surface area contributed by atoms with Crippen molar-refractivity contribution in [1.82, 2.24) is 9.80 Å². The van der Waals surface area contributed by atoms with Gasteiger partial charge in [0.05, 0.1) is 6.61 Å². The maximum absolute atomic E-state index is 9.98. The number of carbonyl (C=O) groups is 1. The number of carbonyl (C=O) groups excluding carboxylic acids is 1. The van der Waals surface area contributed by atoms with E-state index in [1.165, 1.54) is 0 Å². The molecule has 0 aromatic carbocycles. The third-order valence-corrected chi connectivity index (χ3v) is 2.87. The zero-order valence-electron chi connectivity index (χ0n) is 10.3. The summed E-state index contributed by atoms with van der Waals surface area (Å²) in [4.78, 5) is 28.7. The van der Waals surface area contributed by atoms with Crippen LogP contribution in [-0.4, -0.2) is 73.8 Å². The van der Waals surface area contributed by atoms with Gasteiger partial charge in [-0.1, -0.05) is 0 Å². The van der Waals surface area contributed by atoms with Crippen LogP contribution < -0.4 is 0 Å². The van der Waals surface area contributed by atoms with Crippen LogP contribution in [0.2, 0.25) is 0 Å². The number of piperazine rings is 1. The fraction of sp³-hybridized carbons (Fsp3) is 0.900. The van der Waals surface area contributed by atoms with Gasteiger partial charge in [-0.15, -0.1) is 10.1 Å². The van der Waals surface area contributed by atoms with Crippen LogP contribution in [0.1, 0.15) is 6.42 Å². The lowest BCUT2D eigenvalue weighted by molar-refractivity contribution is -0.757. The smallest absolute Gasteiger partial charge is 0.294 e. The topological polar surface area (TPSA) is 85.2 Å². The molecule has 0 unspecified atom stereocenters. The number of rotatable bonds is 9. The molecule has 1 rings (SSSR count). The first-order chi connectivity index (χ1) is 8.72. The standard InChI is InChI=1S/C10H19N3O5/c14-10-17-9-7-12-5-3-11(4-6-12)2-1-8-18-13(15)16/h10H,1-9H2. The average Bonchev–Trinajstić information content (AvgIpc) is 2.36. The fourth-order valence-electron chi connectivity index (χ4n) is 1.89. The third-order valence-electron chi connectivity index (χ3n) is 2.87. The van der Waals surface area contributed by atoms with E-state index in [1.54, 1.807) is 0 Å². The Morgan fingerprint density at radius 2 is 1.72 bits per heavy atom. The van der Waals surface area contributed by atoms with E-state index in [9.17, 15) is 14.9 Å². The minimum atomic E-state index is -0.759. The van der Waals surface area contributed by atoms with Crippen LogP contribution in [0.4, 0.5) is 0 Å². The highest BCUT2D eigenvalue weighted by Gasteiger charge is 2.16. The van der Waals surface area contributed by atoms with Gasteiger partial charge in [-0.3, -0.25) is 9.69 Å². The Morgan fingerprint density at radius 1 is 1.11 bits per heavy atom.